The first-order chi connectivity index (χ1) is 12.3. The fourth-order valence-corrected chi connectivity index (χ4v) is 6.23. The van der Waals surface area contributed by atoms with Gasteiger partial charge in [-0.2, -0.15) is 0 Å². The first kappa shape index (κ1) is 18.8. The lowest BCUT2D eigenvalue weighted by atomic mass is 10.3. The molecule has 6 nitrogen and oxygen atoms in total. The first-order valence-corrected chi connectivity index (χ1v) is 11.3. The Labute approximate surface area is 154 Å². The zero-order valence-corrected chi connectivity index (χ0v) is 15.7. The van der Waals surface area contributed by atoms with Crippen molar-refractivity contribution in [3.05, 3.63) is 71.8 Å². The molecule has 0 aliphatic rings. The van der Waals surface area contributed by atoms with Crippen LogP contribution in [0.15, 0.2) is 73.7 Å². The average Bonchev–Trinajstić information content (AvgIpc) is 3.29. The lowest BCUT2D eigenvalue weighted by molar-refractivity contribution is 0.487. The summed E-state index contributed by atoms with van der Waals surface area (Å²) in [5.74, 6) is -0.446. The molecular formula is C16H14FNO5S3. The van der Waals surface area contributed by atoms with Crippen LogP contribution < -0.4 is 4.72 Å². The number of furan rings is 1. The van der Waals surface area contributed by atoms with Crippen molar-refractivity contribution in [2.75, 3.05) is 6.54 Å². The SMILES string of the molecule is O=S(=O)(NCC(c1ccco1)S(=O)(=O)c1cccs1)c1ccc(F)cc1. The van der Waals surface area contributed by atoms with E-state index in [0.29, 0.717) is 0 Å². The third-order valence-corrected chi connectivity index (χ3v) is 8.52. The summed E-state index contributed by atoms with van der Waals surface area (Å²) >= 11 is 1.04. The normalized spacial score (nSPS) is 13.6. The molecule has 1 N–H and O–H groups in total. The summed E-state index contributed by atoms with van der Waals surface area (Å²) in [6.45, 7) is -0.423. The van der Waals surface area contributed by atoms with Gasteiger partial charge in [-0.1, -0.05) is 6.07 Å². The van der Waals surface area contributed by atoms with Crippen LogP contribution in [0.3, 0.4) is 0 Å². The van der Waals surface area contributed by atoms with Crippen LogP contribution in [-0.4, -0.2) is 23.4 Å². The second kappa shape index (κ2) is 7.31. The van der Waals surface area contributed by atoms with Gasteiger partial charge in [-0.3, -0.25) is 0 Å². The van der Waals surface area contributed by atoms with Crippen molar-refractivity contribution in [3.63, 3.8) is 0 Å². The third kappa shape index (κ3) is 3.88. The van der Waals surface area contributed by atoms with Crippen molar-refractivity contribution in [1.29, 1.82) is 0 Å². The molecule has 0 amide bonds. The number of sulfonamides is 1. The molecule has 2 aromatic heterocycles. The standard InChI is InChI=1S/C16H14FNO5S3/c17-12-5-7-13(8-6-12)26(21,22)18-11-15(14-3-1-9-23-14)25(19,20)16-4-2-10-24-16/h1-10,15,18H,11H2. The number of hydrogen-bond donors (Lipinski definition) is 1. The molecule has 0 spiro atoms. The smallest absolute Gasteiger partial charge is 0.240 e. The molecule has 0 bridgehead atoms. The fraction of sp³-hybridized carbons (Fsp3) is 0.125. The predicted octanol–water partition coefficient (Wildman–Crippen LogP) is 2.97. The van der Waals surface area contributed by atoms with E-state index in [2.05, 4.69) is 4.72 Å². The largest absolute Gasteiger partial charge is 0.468 e. The van der Waals surface area contributed by atoms with E-state index in [1.54, 1.807) is 11.4 Å². The fourth-order valence-electron chi connectivity index (χ4n) is 2.29. The van der Waals surface area contributed by atoms with Crippen LogP contribution >= 0.6 is 11.3 Å². The van der Waals surface area contributed by atoms with Gasteiger partial charge in [-0.25, -0.2) is 25.9 Å². The lowest BCUT2D eigenvalue weighted by Gasteiger charge is -2.15. The minimum absolute atomic E-state index is 0.111. The highest BCUT2D eigenvalue weighted by Crippen LogP contribution is 2.31. The van der Waals surface area contributed by atoms with Gasteiger partial charge in [-0.05, 0) is 47.8 Å². The van der Waals surface area contributed by atoms with Crippen LogP contribution in [0, 0.1) is 5.82 Å². The molecule has 2 heterocycles. The molecule has 3 aromatic rings. The summed E-state index contributed by atoms with van der Waals surface area (Å²) in [6, 6.07) is 10.3. The van der Waals surface area contributed by atoms with Gasteiger partial charge in [0.05, 0.1) is 11.2 Å². The molecule has 0 fully saturated rings. The second-order valence-electron chi connectivity index (χ2n) is 5.29. The van der Waals surface area contributed by atoms with Crippen molar-refractivity contribution in [2.45, 2.75) is 14.4 Å². The number of rotatable bonds is 7. The van der Waals surface area contributed by atoms with Crippen LogP contribution in [0.5, 0.6) is 0 Å². The molecule has 138 valence electrons. The molecule has 3 rings (SSSR count). The van der Waals surface area contributed by atoms with Gasteiger partial charge < -0.3 is 4.42 Å². The molecule has 0 saturated heterocycles. The van der Waals surface area contributed by atoms with Gasteiger partial charge in [0.15, 0.2) is 9.84 Å². The van der Waals surface area contributed by atoms with Crippen molar-refractivity contribution in [3.8, 4) is 0 Å². The Bertz CT molecular complexity index is 1060. The monoisotopic (exact) mass is 415 g/mol. The van der Waals surface area contributed by atoms with Crippen LogP contribution in [0.4, 0.5) is 4.39 Å². The number of hydrogen-bond acceptors (Lipinski definition) is 6. The second-order valence-corrected chi connectivity index (χ2v) is 10.4. The Morgan fingerprint density at radius 2 is 1.77 bits per heavy atom. The number of sulfone groups is 1. The molecule has 1 atom stereocenters. The summed E-state index contributed by atoms with van der Waals surface area (Å²) < 4.78 is 71.0. The van der Waals surface area contributed by atoms with Crippen molar-refractivity contribution in [1.82, 2.24) is 4.72 Å². The van der Waals surface area contributed by atoms with Crippen molar-refractivity contribution < 1.29 is 25.6 Å². The summed E-state index contributed by atoms with van der Waals surface area (Å²) in [5, 5.41) is 0.390. The van der Waals surface area contributed by atoms with E-state index in [-0.39, 0.29) is 14.9 Å². The van der Waals surface area contributed by atoms with Gasteiger partial charge in [0, 0.05) is 6.54 Å². The van der Waals surface area contributed by atoms with E-state index in [9.17, 15) is 21.2 Å². The molecule has 1 aromatic carbocycles. The number of nitrogens with one attached hydrogen (secondary N) is 1. The number of thiophene rings is 1. The van der Waals surface area contributed by atoms with Crippen molar-refractivity contribution >= 4 is 31.2 Å². The van der Waals surface area contributed by atoms with Gasteiger partial charge in [-0.15, -0.1) is 11.3 Å². The Morgan fingerprint density at radius 3 is 2.35 bits per heavy atom. The Morgan fingerprint density at radius 1 is 1.04 bits per heavy atom. The molecule has 10 heteroatoms. The van der Waals surface area contributed by atoms with Crippen LogP contribution in [0.1, 0.15) is 11.0 Å². The molecule has 0 aliphatic heterocycles. The zero-order valence-electron chi connectivity index (χ0n) is 13.2. The van der Waals surface area contributed by atoms with E-state index < -0.39 is 37.5 Å². The quantitative estimate of drug-likeness (QED) is 0.640. The Balaban J connectivity index is 1.89. The van der Waals surface area contributed by atoms with Crippen molar-refractivity contribution in [2.24, 2.45) is 0 Å². The topological polar surface area (TPSA) is 93.4 Å². The minimum Gasteiger partial charge on any atom is -0.468 e. The first-order valence-electron chi connectivity index (χ1n) is 7.37. The summed E-state index contributed by atoms with van der Waals surface area (Å²) in [5.41, 5.74) is 0. The Kier molecular flexibility index (Phi) is 5.28. The number of benzene rings is 1. The van der Waals surface area contributed by atoms with Crippen LogP contribution in [0.2, 0.25) is 0 Å². The number of halogens is 1. The molecular weight excluding hydrogens is 401 g/mol. The predicted molar refractivity (Wildman–Crippen MR) is 94.5 cm³/mol. The summed E-state index contributed by atoms with van der Waals surface area (Å²) in [6.07, 6.45) is 1.32. The molecule has 0 radical (unpaired) electrons. The maximum Gasteiger partial charge on any atom is 0.240 e. The van der Waals surface area contributed by atoms with Gasteiger partial charge in [0.25, 0.3) is 0 Å². The summed E-state index contributed by atoms with van der Waals surface area (Å²) in [7, 11) is -7.87. The maximum absolute atomic E-state index is 13.0. The third-order valence-electron chi connectivity index (χ3n) is 3.59. The minimum atomic E-state index is -4.01. The highest BCUT2D eigenvalue weighted by molar-refractivity contribution is 7.93. The van der Waals surface area contributed by atoms with E-state index in [1.807, 2.05) is 0 Å². The highest BCUT2D eigenvalue weighted by atomic mass is 32.2. The van der Waals surface area contributed by atoms with Gasteiger partial charge in [0.2, 0.25) is 10.0 Å². The van der Waals surface area contributed by atoms with E-state index in [4.69, 9.17) is 4.42 Å². The molecule has 26 heavy (non-hydrogen) atoms. The molecule has 0 aliphatic carbocycles. The summed E-state index contributed by atoms with van der Waals surface area (Å²) in [4.78, 5) is -0.161. The van der Waals surface area contributed by atoms with E-state index >= 15 is 0 Å². The van der Waals surface area contributed by atoms with Crippen LogP contribution in [-0.2, 0) is 19.9 Å². The van der Waals surface area contributed by atoms with Gasteiger partial charge in [0.1, 0.15) is 21.0 Å². The Hall–Kier alpha value is -2.01. The average molecular weight is 415 g/mol. The zero-order chi connectivity index (χ0) is 18.8. The van der Waals surface area contributed by atoms with E-state index in [0.717, 1.165) is 35.6 Å². The molecule has 0 saturated carbocycles. The lowest BCUT2D eigenvalue weighted by Crippen LogP contribution is -2.31. The van der Waals surface area contributed by atoms with Gasteiger partial charge >= 0.3 is 0 Å². The highest BCUT2D eigenvalue weighted by Gasteiger charge is 2.33. The van der Waals surface area contributed by atoms with E-state index in [1.165, 1.54) is 24.5 Å². The maximum atomic E-state index is 13.0. The van der Waals surface area contributed by atoms with Crippen LogP contribution in [0.25, 0.3) is 0 Å². The molecule has 1 unspecified atom stereocenters.